The number of halogens is 1. The van der Waals surface area contributed by atoms with Gasteiger partial charge >= 0.3 is 0 Å². The molecule has 1 unspecified atom stereocenters. The number of carbonyl (C=O) groups is 1. The number of benzene rings is 1. The highest BCUT2D eigenvalue weighted by atomic mass is 79.9. The van der Waals surface area contributed by atoms with Crippen molar-refractivity contribution in [2.45, 2.75) is 71.6 Å². The minimum Gasteiger partial charge on any atom is -0.414 e. The van der Waals surface area contributed by atoms with E-state index in [-0.39, 0.29) is 17.0 Å². The summed E-state index contributed by atoms with van der Waals surface area (Å²) in [7, 11) is -1.73. The van der Waals surface area contributed by atoms with E-state index in [1.54, 1.807) is 0 Å². The average molecular weight is 456 g/mol. The highest BCUT2D eigenvalue weighted by molar-refractivity contribution is 9.10. The maximum absolute atomic E-state index is 12.5. The molecule has 4 nitrogen and oxygen atoms in total. The summed E-state index contributed by atoms with van der Waals surface area (Å²) in [6, 6.07) is 4.26. The fraction of sp³-hybridized carbons (Fsp3) is 0.667. The van der Waals surface area contributed by atoms with Crippen molar-refractivity contribution in [3.63, 3.8) is 0 Å². The number of nitrogens with zero attached hydrogens (tertiary/aromatic N) is 1. The van der Waals surface area contributed by atoms with Crippen LogP contribution in [0.3, 0.4) is 0 Å². The van der Waals surface area contributed by atoms with Gasteiger partial charge in [-0.3, -0.25) is 4.79 Å². The van der Waals surface area contributed by atoms with Crippen molar-refractivity contribution < 1.29 is 14.0 Å². The molecule has 0 aliphatic carbocycles. The molecule has 1 saturated heterocycles. The number of anilines is 1. The van der Waals surface area contributed by atoms with Gasteiger partial charge in [0.05, 0.1) is 25.9 Å². The Bertz CT molecular complexity index is 661. The summed E-state index contributed by atoms with van der Waals surface area (Å²) in [6.07, 6.45) is 1.43. The Labute approximate surface area is 173 Å². The zero-order valence-corrected chi connectivity index (χ0v) is 20.4. The highest BCUT2D eigenvalue weighted by Gasteiger charge is 2.37. The predicted octanol–water partition coefficient (Wildman–Crippen LogP) is 5.60. The zero-order valence-electron chi connectivity index (χ0n) is 17.8. The minimum absolute atomic E-state index is 0.102. The summed E-state index contributed by atoms with van der Waals surface area (Å²) < 4.78 is 13.2. The normalized spacial score (nSPS) is 18.4. The third-order valence-corrected chi connectivity index (χ3v) is 11.6. The summed E-state index contributed by atoms with van der Waals surface area (Å²) in [6.45, 7) is 17.1. The van der Waals surface area contributed by atoms with Crippen LogP contribution < -0.4 is 4.90 Å². The third kappa shape index (κ3) is 5.43. The van der Waals surface area contributed by atoms with E-state index in [1.165, 1.54) is 0 Å². The molecule has 1 aliphatic heterocycles. The Morgan fingerprint density at radius 1 is 1.19 bits per heavy atom. The predicted molar refractivity (Wildman–Crippen MR) is 118 cm³/mol. The van der Waals surface area contributed by atoms with Gasteiger partial charge in [-0.15, -0.1) is 0 Å². The van der Waals surface area contributed by atoms with Crippen LogP contribution in [0.2, 0.25) is 18.1 Å². The van der Waals surface area contributed by atoms with Crippen LogP contribution in [0.25, 0.3) is 0 Å². The number of carbonyl (C=O) groups excluding carboxylic acids is 1. The lowest BCUT2D eigenvalue weighted by Crippen LogP contribution is -2.42. The molecule has 1 heterocycles. The number of aryl methyl sites for hydroxylation is 2. The molecule has 0 radical (unpaired) electrons. The van der Waals surface area contributed by atoms with Crippen LogP contribution in [0.5, 0.6) is 0 Å². The Hall–Kier alpha value is -0.693. The van der Waals surface area contributed by atoms with Gasteiger partial charge in [0.15, 0.2) is 8.32 Å². The summed E-state index contributed by atoms with van der Waals surface area (Å²) in [4.78, 5) is 14.4. The first-order valence-corrected chi connectivity index (χ1v) is 13.4. The monoisotopic (exact) mass is 455 g/mol. The highest BCUT2D eigenvalue weighted by Crippen LogP contribution is 2.36. The topological polar surface area (TPSA) is 38.8 Å². The van der Waals surface area contributed by atoms with Gasteiger partial charge in [-0.05, 0) is 61.7 Å². The second-order valence-electron chi connectivity index (χ2n) is 9.03. The molecule has 1 aromatic rings. The van der Waals surface area contributed by atoms with Crippen LogP contribution in [0, 0.1) is 13.8 Å². The lowest BCUT2D eigenvalue weighted by Gasteiger charge is -2.36. The lowest BCUT2D eigenvalue weighted by molar-refractivity contribution is -0.117. The molecule has 6 heteroatoms. The van der Waals surface area contributed by atoms with Crippen LogP contribution in [0.1, 0.15) is 44.7 Å². The maximum atomic E-state index is 12.5. The molecule has 0 saturated carbocycles. The molecule has 1 amide bonds. The molecular formula is C21H34BrNO3Si. The molecule has 0 N–H and O–H groups in total. The zero-order chi connectivity index (χ0) is 20.4. The maximum Gasteiger partial charge on any atom is 0.227 e. The summed E-state index contributed by atoms with van der Waals surface area (Å²) in [5.74, 6) is 0.183. The van der Waals surface area contributed by atoms with Crippen LogP contribution in [0.4, 0.5) is 5.69 Å². The van der Waals surface area contributed by atoms with E-state index < -0.39 is 8.32 Å². The van der Waals surface area contributed by atoms with Crippen molar-refractivity contribution >= 4 is 35.8 Å². The first-order valence-electron chi connectivity index (χ1n) is 9.74. The van der Waals surface area contributed by atoms with Crippen LogP contribution in [-0.2, 0) is 14.0 Å². The van der Waals surface area contributed by atoms with Gasteiger partial charge in [0, 0.05) is 16.6 Å². The van der Waals surface area contributed by atoms with E-state index in [4.69, 9.17) is 9.16 Å². The molecule has 1 aromatic carbocycles. The first kappa shape index (κ1) is 22.6. The van der Waals surface area contributed by atoms with Gasteiger partial charge < -0.3 is 14.1 Å². The quantitative estimate of drug-likeness (QED) is 0.396. The first-order chi connectivity index (χ1) is 12.4. The standard InChI is InChI=1S/C21H34BrNO3Si/c1-15-12-18(13-16(2)20(15)22)23-17(8-9-19(23)24)14-25-10-11-26-27(6,7)21(3,4)5/h12-13,17H,8-11,14H2,1-7H3. The molecule has 27 heavy (non-hydrogen) atoms. The van der Waals surface area contributed by atoms with E-state index in [9.17, 15) is 4.79 Å². The van der Waals surface area contributed by atoms with Crippen LogP contribution >= 0.6 is 15.9 Å². The van der Waals surface area contributed by atoms with Crippen molar-refractivity contribution in [1.82, 2.24) is 0 Å². The fourth-order valence-corrected chi connectivity index (χ4v) is 4.37. The minimum atomic E-state index is -1.73. The van der Waals surface area contributed by atoms with E-state index in [0.717, 1.165) is 27.7 Å². The smallest absolute Gasteiger partial charge is 0.227 e. The summed E-state index contributed by atoms with van der Waals surface area (Å²) >= 11 is 3.60. The molecule has 0 bridgehead atoms. The Morgan fingerprint density at radius 3 is 2.33 bits per heavy atom. The van der Waals surface area contributed by atoms with Gasteiger partial charge in [-0.2, -0.15) is 0 Å². The number of rotatable bonds is 7. The number of amides is 1. The van der Waals surface area contributed by atoms with Crippen molar-refractivity contribution in [3.05, 3.63) is 27.7 Å². The van der Waals surface area contributed by atoms with Crippen molar-refractivity contribution in [2.75, 3.05) is 24.7 Å². The Morgan fingerprint density at radius 2 is 1.78 bits per heavy atom. The van der Waals surface area contributed by atoms with E-state index in [2.05, 4.69) is 75.8 Å². The van der Waals surface area contributed by atoms with E-state index in [1.807, 2.05) is 4.90 Å². The van der Waals surface area contributed by atoms with Gasteiger partial charge in [0.25, 0.3) is 0 Å². The van der Waals surface area contributed by atoms with E-state index in [0.29, 0.717) is 26.2 Å². The molecule has 1 aliphatic rings. The van der Waals surface area contributed by atoms with Gasteiger partial charge in [0.2, 0.25) is 5.91 Å². The number of hydrogen-bond acceptors (Lipinski definition) is 3. The molecule has 1 atom stereocenters. The van der Waals surface area contributed by atoms with Gasteiger partial charge in [-0.1, -0.05) is 36.7 Å². The van der Waals surface area contributed by atoms with E-state index >= 15 is 0 Å². The number of ether oxygens (including phenoxy) is 1. The van der Waals surface area contributed by atoms with Crippen LogP contribution in [0.15, 0.2) is 16.6 Å². The van der Waals surface area contributed by atoms with Crippen molar-refractivity contribution in [1.29, 1.82) is 0 Å². The Balaban J connectivity index is 1.92. The van der Waals surface area contributed by atoms with Crippen molar-refractivity contribution in [2.24, 2.45) is 0 Å². The fourth-order valence-electron chi connectivity index (χ4n) is 3.11. The van der Waals surface area contributed by atoms with Gasteiger partial charge in [0.1, 0.15) is 0 Å². The van der Waals surface area contributed by atoms with Crippen LogP contribution in [-0.4, -0.2) is 40.1 Å². The SMILES string of the molecule is Cc1cc(N2C(=O)CCC2COCCO[Si](C)(C)C(C)(C)C)cc(C)c1Br. The summed E-state index contributed by atoms with van der Waals surface area (Å²) in [5, 5.41) is 0.207. The number of hydrogen-bond donors (Lipinski definition) is 0. The van der Waals surface area contributed by atoms with Gasteiger partial charge in [-0.25, -0.2) is 0 Å². The Kier molecular flexibility index (Phi) is 7.33. The third-order valence-electron chi connectivity index (χ3n) is 5.83. The van der Waals surface area contributed by atoms with Crippen molar-refractivity contribution in [3.8, 4) is 0 Å². The largest absolute Gasteiger partial charge is 0.414 e. The second-order valence-corrected chi connectivity index (χ2v) is 14.6. The lowest BCUT2D eigenvalue weighted by atomic mass is 10.1. The molecule has 1 fully saturated rings. The molecule has 0 aromatic heterocycles. The molecule has 2 rings (SSSR count). The molecular weight excluding hydrogens is 422 g/mol. The molecule has 152 valence electrons. The molecule has 0 spiro atoms. The average Bonchev–Trinajstić information content (AvgIpc) is 2.91. The summed E-state index contributed by atoms with van der Waals surface area (Å²) in [5.41, 5.74) is 3.26. The second kappa shape index (κ2) is 8.76.